The van der Waals surface area contributed by atoms with Crippen LogP contribution in [0.5, 0.6) is 0 Å². The van der Waals surface area contributed by atoms with Gasteiger partial charge in [-0.2, -0.15) is 0 Å². The summed E-state index contributed by atoms with van der Waals surface area (Å²) in [6.07, 6.45) is 3.48. The Morgan fingerprint density at radius 1 is 1.12 bits per heavy atom. The SMILES string of the molecule is CN(C)CC[C@@H](NC(=O)N(C)CCN1CCCC1)c1ccccc1. The van der Waals surface area contributed by atoms with Gasteiger partial charge in [-0.1, -0.05) is 30.3 Å². The number of carbonyl (C=O) groups is 1. The van der Waals surface area contributed by atoms with Crippen molar-refractivity contribution in [3.63, 3.8) is 0 Å². The van der Waals surface area contributed by atoms with Crippen molar-refractivity contribution >= 4 is 6.03 Å². The number of likely N-dealkylation sites (tertiary alicyclic amines) is 1. The molecule has 2 rings (SSSR count). The highest BCUT2D eigenvalue weighted by atomic mass is 16.2. The van der Waals surface area contributed by atoms with E-state index in [1.54, 1.807) is 0 Å². The minimum atomic E-state index is 0.0156. The Bertz CT molecular complexity index is 485. The van der Waals surface area contributed by atoms with Crippen molar-refractivity contribution in [3.05, 3.63) is 35.9 Å². The number of carbonyl (C=O) groups excluding carboxylic acids is 1. The maximum absolute atomic E-state index is 12.6. The van der Waals surface area contributed by atoms with Gasteiger partial charge in [0.05, 0.1) is 6.04 Å². The van der Waals surface area contributed by atoms with Gasteiger partial charge in [-0.3, -0.25) is 0 Å². The summed E-state index contributed by atoms with van der Waals surface area (Å²) >= 11 is 0. The van der Waals surface area contributed by atoms with Crippen LogP contribution in [-0.2, 0) is 0 Å². The van der Waals surface area contributed by atoms with E-state index in [4.69, 9.17) is 0 Å². The lowest BCUT2D eigenvalue weighted by molar-refractivity contribution is 0.195. The molecule has 0 bridgehead atoms. The summed E-state index contributed by atoms with van der Waals surface area (Å²) < 4.78 is 0. The van der Waals surface area contributed by atoms with Gasteiger partial charge in [0.15, 0.2) is 0 Å². The molecule has 134 valence electrons. The molecule has 0 aromatic heterocycles. The van der Waals surface area contributed by atoms with E-state index < -0.39 is 0 Å². The van der Waals surface area contributed by atoms with Crippen molar-refractivity contribution in [1.29, 1.82) is 0 Å². The van der Waals surface area contributed by atoms with Crippen LogP contribution >= 0.6 is 0 Å². The number of hydrogen-bond acceptors (Lipinski definition) is 3. The Balaban J connectivity index is 1.87. The standard InChI is InChI=1S/C19H32N4O/c1-21(2)14-11-18(17-9-5-4-6-10-17)20-19(24)22(3)15-16-23-12-7-8-13-23/h4-6,9-10,18H,7-8,11-16H2,1-3H3,(H,20,24)/t18-/m1/s1. The fourth-order valence-corrected chi connectivity index (χ4v) is 3.05. The van der Waals surface area contributed by atoms with E-state index in [-0.39, 0.29) is 12.1 Å². The number of urea groups is 1. The number of rotatable bonds is 8. The van der Waals surface area contributed by atoms with Gasteiger partial charge in [-0.05, 0) is 58.6 Å². The summed E-state index contributed by atoms with van der Waals surface area (Å²) in [5.74, 6) is 0. The molecule has 0 unspecified atom stereocenters. The van der Waals surface area contributed by atoms with Crippen LogP contribution in [0.4, 0.5) is 4.79 Å². The first kappa shape index (κ1) is 18.7. The van der Waals surface area contributed by atoms with Crippen LogP contribution in [0.15, 0.2) is 30.3 Å². The molecular weight excluding hydrogens is 300 g/mol. The molecule has 1 aliphatic heterocycles. The smallest absolute Gasteiger partial charge is 0.317 e. The first-order chi connectivity index (χ1) is 11.6. The average Bonchev–Trinajstić information content (AvgIpc) is 3.10. The summed E-state index contributed by atoms with van der Waals surface area (Å²) in [5.41, 5.74) is 1.17. The lowest BCUT2D eigenvalue weighted by atomic mass is 10.0. The van der Waals surface area contributed by atoms with Crippen molar-refractivity contribution in [2.24, 2.45) is 0 Å². The van der Waals surface area contributed by atoms with Gasteiger partial charge in [-0.25, -0.2) is 4.79 Å². The fourth-order valence-electron chi connectivity index (χ4n) is 3.05. The van der Waals surface area contributed by atoms with Gasteiger partial charge in [0.25, 0.3) is 0 Å². The lowest BCUT2D eigenvalue weighted by Crippen LogP contribution is -2.43. The molecule has 1 aromatic rings. The van der Waals surface area contributed by atoms with Crippen LogP contribution < -0.4 is 5.32 Å². The second-order valence-electron chi connectivity index (χ2n) is 6.98. The van der Waals surface area contributed by atoms with E-state index in [2.05, 4.69) is 41.3 Å². The second kappa shape index (κ2) is 9.64. The molecule has 0 radical (unpaired) electrons. The van der Waals surface area contributed by atoms with Gasteiger partial charge in [0.2, 0.25) is 0 Å². The molecule has 2 amide bonds. The number of benzene rings is 1. The van der Waals surface area contributed by atoms with Gasteiger partial charge in [0, 0.05) is 20.1 Å². The van der Waals surface area contributed by atoms with E-state index in [1.807, 2.05) is 30.1 Å². The quantitative estimate of drug-likeness (QED) is 0.794. The first-order valence-corrected chi connectivity index (χ1v) is 9.00. The highest BCUT2D eigenvalue weighted by Crippen LogP contribution is 2.17. The Kier molecular flexibility index (Phi) is 7.53. The molecule has 1 saturated heterocycles. The number of nitrogens with one attached hydrogen (secondary N) is 1. The van der Waals surface area contributed by atoms with Crippen LogP contribution in [0, 0.1) is 0 Å². The highest BCUT2D eigenvalue weighted by molar-refractivity contribution is 5.74. The van der Waals surface area contributed by atoms with E-state index in [0.29, 0.717) is 0 Å². The van der Waals surface area contributed by atoms with E-state index in [0.717, 1.165) is 26.1 Å². The Morgan fingerprint density at radius 2 is 1.79 bits per heavy atom. The summed E-state index contributed by atoms with van der Waals surface area (Å²) in [6.45, 7) is 5.03. The fraction of sp³-hybridized carbons (Fsp3) is 0.632. The molecule has 24 heavy (non-hydrogen) atoms. The summed E-state index contributed by atoms with van der Waals surface area (Å²) in [4.78, 5) is 19.0. The molecule has 1 aromatic carbocycles. The van der Waals surface area contributed by atoms with E-state index in [1.165, 1.54) is 31.5 Å². The van der Waals surface area contributed by atoms with Crippen LogP contribution in [0.25, 0.3) is 0 Å². The van der Waals surface area contributed by atoms with E-state index in [9.17, 15) is 4.79 Å². The minimum absolute atomic E-state index is 0.0156. The monoisotopic (exact) mass is 332 g/mol. The van der Waals surface area contributed by atoms with Crippen LogP contribution in [-0.4, -0.2) is 74.6 Å². The van der Waals surface area contributed by atoms with Crippen LogP contribution in [0.1, 0.15) is 30.9 Å². The van der Waals surface area contributed by atoms with Crippen LogP contribution in [0.2, 0.25) is 0 Å². The molecule has 0 aliphatic carbocycles. The Hall–Kier alpha value is -1.59. The number of amides is 2. The minimum Gasteiger partial charge on any atom is -0.331 e. The van der Waals surface area contributed by atoms with E-state index >= 15 is 0 Å². The molecule has 1 aliphatic rings. The second-order valence-corrected chi connectivity index (χ2v) is 6.98. The topological polar surface area (TPSA) is 38.8 Å². The van der Waals surface area contributed by atoms with Crippen molar-refractivity contribution < 1.29 is 4.79 Å². The largest absolute Gasteiger partial charge is 0.331 e. The Labute approximate surface area is 146 Å². The molecule has 1 N–H and O–H groups in total. The molecule has 1 heterocycles. The maximum atomic E-state index is 12.6. The zero-order valence-electron chi connectivity index (χ0n) is 15.4. The van der Waals surface area contributed by atoms with Gasteiger partial charge in [0.1, 0.15) is 0 Å². The maximum Gasteiger partial charge on any atom is 0.317 e. The Morgan fingerprint density at radius 3 is 2.42 bits per heavy atom. The van der Waals surface area contributed by atoms with Crippen molar-refractivity contribution in [2.75, 3.05) is 53.9 Å². The third kappa shape index (κ3) is 6.13. The summed E-state index contributed by atoms with van der Waals surface area (Å²) in [7, 11) is 6.01. The average molecular weight is 332 g/mol. The molecule has 5 nitrogen and oxygen atoms in total. The number of nitrogens with zero attached hydrogens (tertiary/aromatic N) is 3. The van der Waals surface area contributed by atoms with Crippen molar-refractivity contribution in [3.8, 4) is 0 Å². The predicted octanol–water partition coefficient (Wildman–Crippen LogP) is 2.42. The molecule has 1 fully saturated rings. The van der Waals surface area contributed by atoms with Crippen molar-refractivity contribution in [1.82, 2.24) is 20.0 Å². The first-order valence-electron chi connectivity index (χ1n) is 9.00. The molecule has 0 saturated carbocycles. The molecule has 5 heteroatoms. The number of likely N-dealkylation sites (N-methyl/N-ethyl adjacent to an activating group) is 1. The molecule has 0 spiro atoms. The zero-order valence-corrected chi connectivity index (χ0v) is 15.4. The van der Waals surface area contributed by atoms with Gasteiger partial charge < -0.3 is 20.0 Å². The van der Waals surface area contributed by atoms with Gasteiger partial charge in [-0.15, -0.1) is 0 Å². The molecular formula is C19H32N4O. The van der Waals surface area contributed by atoms with Crippen molar-refractivity contribution in [2.45, 2.75) is 25.3 Å². The molecule has 1 atom stereocenters. The number of hydrogen-bond donors (Lipinski definition) is 1. The zero-order chi connectivity index (χ0) is 17.4. The normalized spacial score (nSPS) is 16.3. The lowest BCUT2D eigenvalue weighted by Gasteiger charge is -2.26. The summed E-state index contributed by atoms with van der Waals surface area (Å²) in [6, 6.07) is 10.3. The third-order valence-electron chi connectivity index (χ3n) is 4.66. The predicted molar refractivity (Wildman–Crippen MR) is 99.2 cm³/mol. The van der Waals surface area contributed by atoms with Crippen LogP contribution in [0.3, 0.4) is 0 Å². The van der Waals surface area contributed by atoms with Gasteiger partial charge >= 0.3 is 6.03 Å². The summed E-state index contributed by atoms with van der Waals surface area (Å²) in [5, 5.41) is 3.21. The third-order valence-corrected chi connectivity index (χ3v) is 4.66. The highest BCUT2D eigenvalue weighted by Gasteiger charge is 2.18.